The van der Waals surface area contributed by atoms with Crippen LogP contribution in [0.3, 0.4) is 0 Å². The number of nitrogens with one attached hydrogen (secondary N) is 1. The van der Waals surface area contributed by atoms with Gasteiger partial charge in [-0.1, -0.05) is 12.1 Å². The van der Waals surface area contributed by atoms with Gasteiger partial charge in [-0.2, -0.15) is 0 Å². The molecule has 94 valence electrons. The van der Waals surface area contributed by atoms with Gasteiger partial charge in [-0.05, 0) is 50.3 Å². The highest BCUT2D eigenvalue weighted by atomic mass is 15.1. The summed E-state index contributed by atoms with van der Waals surface area (Å²) in [6, 6.07) is 9.93. The van der Waals surface area contributed by atoms with E-state index in [1.807, 2.05) is 0 Å². The molecule has 17 heavy (non-hydrogen) atoms. The van der Waals surface area contributed by atoms with Crippen LogP contribution in [0.4, 0.5) is 5.69 Å². The van der Waals surface area contributed by atoms with Gasteiger partial charge in [0.25, 0.3) is 0 Å². The third-order valence-corrected chi connectivity index (χ3v) is 3.75. The van der Waals surface area contributed by atoms with Crippen molar-refractivity contribution in [3.8, 4) is 0 Å². The van der Waals surface area contributed by atoms with E-state index in [0.29, 0.717) is 12.1 Å². The molecule has 0 radical (unpaired) electrons. The lowest BCUT2D eigenvalue weighted by Gasteiger charge is -2.21. The van der Waals surface area contributed by atoms with Crippen molar-refractivity contribution in [3.05, 3.63) is 29.8 Å². The lowest BCUT2D eigenvalue weighted by molar-refractivity contribution is 0.441. The average Bonchev–Trinajstić information content (AvgIpc) is 3.12. The molecule has 1 aromatic rings. The van der Waals surface area contributed by atoms with Crippen LogP contribution in [-0.4, -0.2) is 20.1 Å². The molecule has 1 N–H and O–H groups in total. The van der Waals surface area contributed by atoms with Crippen molar-refractivity contribution in [1.29, 1.82) is 0 Å². The molecule has 1 saturated carbocycles. The Morgan fingerprint density at radius 3 is 2.18 bits per heavy atom. The predicted octanol–water partition coefficient (Wildman–Crippen LogP) is 3.20. The number of rotatable bonds is 5. The van der Waals surface area contributed by atoms with E-state index in [1.54, 1.807) is 0 Å². The SMILES string of the molecule is CC(NC(C)C1CC1)c1ccc(N(C)C)cc1. The van der Waals surface area contributed by atoms with Crippen molar-refractivity contribution >= 4 is 5.69 Å². The Morgan fingerprint density at radius 2 is 1.71 bits per heavy atom. The van der Waals surface area contributed by atoms with E-state index in [2.05, 4.69) is 62.4 Å². The summed E-state index contributed by atoms with van der Waals surface area (Å²) in [5.74, 6) is 0.915. The van der Waals surface area contributed by atoms with Crippen LogP contribution in [0.5, 0.6) is 0 Å². The quantitative estimate of drug-likeness (QED) is 0.838. The maximum atomic E-state index is 3.69. The molecule has 1 fully saturated rings. The Labute approximate surface area is 105 Å². The molecular formula is C15H24N2. The topological polar surface area (TPSA) is 15.3 Å². The Balaban J connectivity index is 1.95. The zero-order valence-corrected chi connectivity index (χ0v) is 11.4. The van der Waals surface area contributed by atoms with Crippen molar-refractivity contribution in [2.45, 2.75) is 38.8 Å². The standard InChI is InChI=1S/C15H24N2/c1-11(13-5-6-13)16-12(2)14-7-9-15(10-8-14)17(3)4/h7-13,16H,5-6H2,1-4H3. The van der Waals surface area contributed by atoms with E-state index in [-0.39, 0.29) is 0 Å². The minimum atomic E-state index is 0.446. The second-order valence-corrected chi connectivity index (χ2v) is 5.50. The molecule has 0 aliphatic heterocycles. The summed E-state index contributed by atoms with van der Waals surface area (Å²) < 4.78 is 0. The Morgan fingerprint density at radius 1 is 1.12 bits per heavy atom. The molecule has 2 atom stereocenters. The summed E-state index contributed by atoms with van der Waals surface area (Å²) in [7, 11) is 4.15. The average molecular weight is 232 g/mol. The fourth-order valence-corrected chi connectivity index (χ4v) is 2.28. The first-order valence-corrected chi connectivity index (χ1v) is 6.61. The second-order valence-electron chi connectivity index (χ2n) is 5.50. The van der Waals surface area contributed by atoms with E-state index < -0.39 is 0 Å². The van der Waals surface area contributed by atoms with Crippen LogP contribution in [-0.2, 0) is 0 Å². The van der Waals surface area contributed by atoms with Gasteiger partial charge in [-0.25, -0.2) is 0 Å². The number of benzene rings is 1. The molecule has 0 saturated heterocycles. The van der Waals surface area contributed by atoms with Gasteiger partial charge in [-0.3, -0.25) is 0 Å². The van der Waals surface area contributed by atoms with Crippen molar-refractivity contribution in [1.82, 2.24) is 5.32 Å². The van der Waals surface area contributed by atoms with Crippen LogP contribution in [0, 0.1) is 5.92 Å². The zero-order valence-electron chi connectivity index (χ0n) is 11.4. The highest BCUT2D eigenvalue weighted by Crippen LogP contribution is 2.33. The summed E-state index contributed by atoms with van der Waals surface area (Å²) in [6.45, 7) is 4.56. The number of hydrogen-bond donors (Lipinski definition) is 1. The number of hydrogen-bond acceptors (Lipinski definition) is 2. The maximum absolute atomic E-state index is 3.69. The molecular weight excluding hydrogens is 208 g/mol. The Hall–Kier alpha value is -1.02. The van der Waals surface area contributed by atoms with Crippen molar-refractivity contribution in [2.24, 2.45) is 5.92 Å². The molecule has 0 spiro atoms. The third-order valence-electron chi connectivity index (χ3n) is 3.75. The molecule has 2 nitrogen and oxygen atoms in total. The first kappa shape index (κ1) is 12.4. The number of anilines is 1. The lowest BCUT2D eigenvalue weighted by atomic mass is 10.1. The van der Waals surface area contributed by atoms with Gasteiger partial charge in [-0.15, -0.1) is 0 Å². The molecule has 1 aliphatic rings. The zero-order chi connectivity index (χ0) is 12.4. The molecule has 1 aromatic carbocycles. The first-order valence-electron chi connectivity index (χ1n) is 6.61. The van der Waals surface area contributed by atoms with Crippen LogP contribution in [0.2, 0.25) is 0 Å². The van der Waals surface area contributed by atoms with Gasteiger partial charge < -0.3 is 10.2 Å². The van der Waals surface area contributed by atoms with E-state index >= 15 is 0 Å². The van der Waals surface area contributed by atoms with Crippen LogP contribution >= 0.6 is 0 Å². The summed E-state index contributed by atoms with van der Waals surface area (Å²) in [5.41, 5.74) is 2.64. The summed E-state index contributed by atoms with van der Waals surface area (Å²) >= 11 is 0. The van der Waals surface area contributed by atoms with Crippen molar-refractivity contribution in [3.63, 3.8) is 0 Å². The van der Waals surface area contributed by atoms with Crippen LogP contribution < -0.4 is 10.2 Å². The van der Waals surface area contributed by atoms with Crippen LogP contribution in [0.15, 0.2) is 24.3 Å². The van der Waals surface area contributed by atoms with Gasteiger partial charge in [0.15, 0.2) is 0 Å². The van der Waals surface area contributed by atoms with Crippen LogP contribution in [0.25, 0.3) is 0 Å². The first-order chi connectivity index (χ1) is 8.08. The number of nitrogens with zero attached hydrogens (tertiary/aromatic N) is 1. The molecule has 2 heteroatoms. The van der Waals surface area contributed by atoms with Gasteiger partial charge in [0.05, 0.1) is 0 Å². The fourth-order valence-electron chi connectivity index (χ4n) is 2.28. The summed E-state index contributed by atoms with van der Waals surface area (Å²) in [4.78, 5) is 2.13. The molecule has 2 unspecified atom stereocenters. The lowest BCUT2D eigenvalue weighted by Crippen LogP contribution is -2.30. The molecule has 0 aromatic heterocycles. The normalized spacial score (nSPS) is 18.8. The molecule has 1 aliphatic carbocycles. The van der Waals surface area contributed by atoms with Crippen molar-refractivity contribution < 1.29 is 0 Å². The fraction of sp³-hybridized carbons (Fsp3) is 0.600. The highest BCUT2D eigenvalue weighted by molar-refractivity contribution is 5.46. The Bertz CT molecular complexity index is 352. The Kier molecular flexibility index (Phi) is 3.72. The maximum Gasteiger partial charge on any atom is 0.0361 e. The van der Waals surface area contributed by atoms with Gasteiger partial charge in [0.1, 0.15) is 0 Å². The van der Waals surface area contributed by atoms with E-state index in [9.17, 15) is 0 Å². The summed E-state index contributed by atoms with van der Waals surface area (Å²) in [5, 5.41) is 3.69. The third kappa shape index (κ3) is 3.22. The van der Waals surface area contributed by atoms with E-state index in [1.165, 1.54) is 24.1 Å². The van der Waals surface area contributed by atoms with Crippen molar-refractivity contribution in [2.75, 3.05) is 19.0 Å². The van der Waals surface area contributed by atoms with E-state index in [4.69, 9.17) is 0 Å². The van der Waals surface area contributed by atoms with Gasteiger partial charge in [0, 0.05) is 31.9 Å². The minimum Gasteiger partial charge on any atom is -0.378 e. The molecule has 0 heterocycles. The largest absolute Gasteiger partial charge is 0.378 e. The monoisotopic (exact) mass is 232 g/mol. The molecule has 2 rings (SSSR count). The molecule has 0 bridgehead atoms. The minimum absolute atomic E-state index is 0.446. The van der Waals surface area contributed by atoms with Crippen LogP contribution in [0.1, 0.15) is 38.3 Å². The highest BCUT2D eigenvalue weighted by Gasteiger charge is 2.28. The molecule has 0 amide bonds. The van der Waals surface area contributed by atoms with Gasteiger partial charge in [0.2, 0.25) is 0 Å². The smallest absolute Gasteiger partial charge is 0.0361 e. The van der Waals surface area contributed by atoms with E-state index in [0.717, 1.165) is 5.92 Å². The van der Waals surface area contributed by atoms with Gasteiger partial charge >= 0.3 is 0 Å². The summed E-state index contributed by atoms with van der Waals surface area (Å²) in [6.07, 6.45) is 2.81. The predicted molar refractivity (Wildman–Crippen MR) is 74.5 cm³/mol. The second kappa shape index (κ2) is 5.09.